The average molecular weight is 233 g/mol. The lowest BCUT2D eigenvalue weighted by Crippen LogP contribution is -2.24. The van der Waals surface area contributed by atoms with Gasteiger partial charge in [-0.25, -0.2) is 0 Å². The summed E-state index contributed by atoms with van der Waals surface area (Å²) in [6.07, 6.45) is 2.90. The van der Waals surface area contributed by atoms with Crippen molar-refractivity contribution in [2.24, 2.45) is 5.73 Å². The van der Waals surface area contributed by atoms with Gasteiger partial charge >= 0.3 is 0 Å². The van der Waals surface area contributed by atoms with E-state index in [4.69, 9.17) is 5.73 Å². The van der Waals surface area contributed by atoms with Crippen LogP contribution in [0.3, 0.4) is 0 Å². The Morgan fingerprint density at radius 1 is 1.41 bits per heavy atom. The number of unbranched alkanes of at least 4 members (excludes halogenated alkanes) is 1. The van der Waals surface area contributed by atoms with Crippen molar-refractivity contribution in [1.82, 2.24) is 5.32 Å². The molecule has 0 aromatic heterocycles. The van der Waals surface area contributed by atoms with Gasteiger partial charge in [-0.15, -0.1) is 0 Å². The Balaban J connectivity index is 1.91. The van der Waals surface area contributed by atoms with Crippen LogP contribution in [0.4, 0.5) is 5.69 Å². The van der Waals surface area contributed by atoms with Gasteiger partial charge in [0.25, 0.3) is 5.91 Å². The number of carbonyl (C=O) groups is 1. The first-order chi connectivity index (χ1) is 8.31. The van der Waals surface area contributed by atoms with Crippen LogP contribution < -0.4 is 16.4 Å². The van der Waals surface area contributed by atoms with E-state index in [1.54, 1.807) is 0 Å². The Labute approximate surface area is 102 Å². The zero-order valence-corrected chi connectivity index (χ0v) is 9.96. The van der Waals surface area contributed by atoms with E-state index < -0.39 is 0 Å². The van der Waals surface area contributed by atoms with Crippen LogP contribution >= 0.6 is 0 Å². The van der Waals surface area contributed by atoms with Crippen molar-refractivity contribution >= 4 is 11.6 Å². The maximum atomic E-state index is 11.8. The highest BCUT2D eigenvalue weighted by atomic mass is 16.1. The topological polar surface area (TPSA) is 67.1 Å². The molecule has 1 aromatic carbocycles. The number of amides is 1. The summed E-state index contributed by atoms with van der Waals surface area (Å²) in [7, 11) is 0. The molecule has 92 valence electrons. The van der Waals surface area contributed by atoms with Crippen LogP contribution in [0, 0.1) is 0 Å². The van der Waals surface area contributed by atoms with Gasteiger partial charge in [-0.1, -0.05) is 0 Å². The lowest BCUT2D eigenvalue weighted by Gasteiger charge is -2.06. The predicted octanol–water partition coefficient (Wildman–Crippen LogP) is 1.12. The smallest absolute Gasteiger partial charge is 0.251 e. The molecule has 0 fully saturated rings. The second kappa shape index (κ2) is 5.68. The quantitative estimate of drug-likeness (QED) is 0.668. The van der Waals surface area contributed by atoms with Gasteiger partial charge in [0.2, 0.25) is 0 Å². The molecule has 0 unspecified atom stereocenters. The van der Waals surface area contributed by atoms with Gasteiger partial charge in [0.1, 0.15) is 0 Å². The standard InChI is InChI=1S/C13H19N3O/c14-6-1-2-7-16-13(17)11-3-4-12-10(9-11)5-8-15-12/h3-4,9,15H,1-2,5-8,14H2,(H,16,17). The molecule has 4 nitrogen and oxygen atoms in total. The van der Waals surface area contributed by atoms with Crippen molar-refractivity contribution in [3.05, 3.63) is 29.3 Å². The fourth-order valence-corrected chi connectivity index (χ4v) is 2.02. The molecule has 0 saturated carbocycles. The molecule has 1 aliphatic rings. The van der Waals surface area contributed by atoms with E-state index in [1.807, 2.05) is 18.2 Å². The number of carbonyl (C=O) groups excluding carboxylic acids is 1. The molecule has 1 aromatic rings. The molecule has 0 spiro atoms. The summed E-state index contributed by atoms with van der Waals surface area (Å²) in [6, 6.07) is 5.83. The van der Waals surface area contributed by atoms with E-state index >= 15 is 0 Å². The molecule has 4 heteroatoms. The van der Waals surface area contributed by atoms with Crippen molar-refractivity contribution < 1.29 is 4.79 Å². The Kier molecular flexibility index (Phi) is 3.98. The molecule has 4 N–H and O–H groups in total. The molecule has 0 saturated heterocycles. The first-order valence-electron chi connectivity index (χ1n) is 6.16. The minimum Gasteiger partial charge on any atom is -0.384 e. The second-order valence-electron chi connectivity index (χ2n) is 4.30. The molecule has 1 aliphatic heterocycles. The molecule has 17 heavy (non-hydrogen) atoms. The second-order valence-corrected chi connectivity index (χ2v) is 4.30. The van der Waals surface area contributed by atoms with Crippen LogP contribution in [0.5, 0.6) is 0 Å². The van der Waals surface area contributed by atoms with E-state index in [-0.39, 0.29) is 5.91 Å². The molecule has 1 heterocycles. The average Bonchev–Trinajstić information content (AvgIpc) is 2.81. The van der Waals surface area contributed by atoms with Crippen LogP contribution in [0.2, 0.25) is 0 Å². The van der Waals surface area contributed by atoms with Crippen molar-refractivity contribution in [3.63, 3.8) is 0 Å². The number of hydrogen-bond acceptors (Lipinski definition) is 3. The fourth-order valence-electron chi connectivity index (χ4n) is 2.02. The van der Waals surface area contributed by atoms with E-state index in [0.717, 1.165) is 37.1 Å². The minimum absolute atomic E-state index is 0.0109. The highest BCUT2D eigenvalue weighted by Gasteiger charge is 2.12. The molecule has 1 amide bonds. The summed E-state index contributed by atoms with van der Waals surface area (Å²) in [5.41, 5.74) is 8.54. The van der Waals surface area contributed by atoms with E-state index in [9.17, 15) is 4.79 Å². The first-order valence-corrected chi connectivity index (χ1v) is 6.16. The van der Waals surface area contributed by atoms with E-state index in [0.29, 0.717) is 13.1 Å². The Bertz CT molecular complexity index is 404. The Morgan fingerprint density at radius 2 is 2.29 bits per heavy atom. The molecule has 0 radical (unpaired) electrons. The zero-order valence-electron chi connectivity index (χ0n) is 9.96. The summed E-state index contributed by atoms with van der Waals surface area (Å²) < 4.78 is 0. The van der Waals surface area contributed by atoms with Crippen molar-refractivity contribution in [1.29, 1.82) is 0 Å². The van der Waals surface area contributed by atoms with E-state index in [1.165, 1.54) is 5.56 Å². The SMILES string of the molecule is NCCCCNC(=O)c1ccc2c(c1)CCN2. The van der Waals surface area contributed by atoms with Crippen LogP contribution in [0.15, 0.2) is 18.2 Å². The third-order valence-electron chi connectivity index (χ3n) is 2.99. The Morgan fingerprint density at radius 3 is 3.12 bits per heavy atom. The van der Waals surface area contributed by atoms with Crippen molar-refractivity contribution in [2.45, 2.75) is 19.3 Å². The Hall–Kier alpha value is -1.55. The van der Waals surface area contributed by atoms with Gasteiger partial charge in [0, 0.05) is 24.3 Å². The third kappa shape index (κ3) is 2.97. The summed E-state index contributed by atoms with van der Waals surface area (Å²) in [5, 5.41) is 6.19. The van der Waals surface area contributed by atoms with Crippen LogP contribution in [0.25, 0.3) is 0 Å². The number of fused-ring (bicyclic) bond motifs is 1. The van der Waals surface area contributed by atoms with Gasteiger partial charge in [-0.2, -0.15) is 0 Å². The molecular formula is C13H19N3O. The van der Waals surface area contributed by atoms with Crippen molar-refractivity contribution in [2.75, 3.05) is 25.0 Å². The van der Waals surface area contributed by atoms with Crippen LogP contribution in [-0.2, 0) is 6.42 Å². The maximum Gasteiger partial charge on any atom is 0.251 e. The highest BCUT2D eigenvalue weighted by Crippen LogP contribution is 2.22. The number of nitrogens with one attached hydrogen (secondary N) is 2. The van der Waals surface area contributed by atoms with Crippen LogP contribution in [0.1, 0.15) is 28.8 Å². The van der Waals surface area contributed by atoms with Crippen molar-refractivity contribution in [3.8, 4) is 0 Å². The number of hydrogen-bond donors (Lipinski definition) is 3. The molecular weight excluding hydrogens is 214 g/mol. The number of benzene rings is 1. The van der Waals surface area contributed by atoms with Gasteiger partial charge in [0.15, 0.2) is 0 Å². The van der Waals surface area contributed by atoms with E-state index in [2.05, 4.69) is 10.6 Å². The van der Waals surface area contributed by atoms with Gasteiger partial charge in [-0.05, 0) is 49.6 Å². The lowest BCUT2D eigenvalue weighted by molar-refractivity contribution is 0.0953. The minimum atomic E-state index is 0.0109. The molecule has 2 rings (SSSR count). The summed E-state index contributed by atoms with van der Waals surface area (Å²) >= 11 is 0. The van der Waals surface area contributed by atoms with Gasteiger partial charge < -0.3 is 16.4 Å². The maximum absolute atomic E-state index is 11.8. The largest absolute Gasteiger partial charge is 0.384 e. The molecule has 0 bridgehead atoms. The normalized spacial score (nSPS) is 13.0. The monoisotopic (exact) mass is 233 g/mol. The summed E-state index contributed by atoms with van der Waals surface area (Å²) in [5.74, 6) is 0.0109. The molecule has 0 aliphatic carbocycles. The number of rotatable bonds is 5. The van der Waals surface area contributed by atoms with Gasteiger partial charge in [0.05, 0.1) is 0 Å². The first kappa shape index (κ1) is 11.9. The fraction of sp³-hybridized carbons (Fsp3) is 0.462. The highest BCUT2D eigenvalue weighted by molar-refractivity contribution is 5.95. The lowest BCUT2D eigenvalue weighted by atomic mass is 10.1. The third-order valence-corrected chi connectivity index (χ3v) is 2.99. The zero-order chi connectivity index (χ0) is 12.1. The van der Waals surface area contributed by atoms with Gasteiger partial charge in [-0.3, -0.25) is 4.79 Å². The summed E-state index contributed by atoms with van der Waals surface area (Å²) in [4.78, 5) is 11.8. The summed E-state index contributed by atoms with van der Waals surface area (Å²) in [6.45, 7) is 2.35. The predicted molar refractivity (Wildman–Crippen MR) is 69.3 cm³/mol. The number of anilines is 1. The molecule has 0 atom stereocenters. The number of nitrogens with two attached hydrogens (primary N) is 1. The van der Waals surface area contributed by atoms with Crippen LogP contribution in [-0.4, -0.2) is 25.5 Å².